The lowest BCUT2D eigenvalue weighted by molar-refractivity contribution is 0.144. The van der Waals surface area contributed by atoms with Gasteiger partial charge >= 0.3 is 0 Å². The first kappa shape index (κ1) is 13.8. The van der Waals surface area contributed by atoms with E-state index in [1.165, 1.54) is 0 Å². The number of hydrogen-bond donors (Lipinski definition) is 1. The molecule has 0 aromatic heterocycles. The Kier molecular flexibility index (Phi) is 5.00. The van der Waals surface area contributed by atoms with Crippen LogP contribution in [0.25, 0.3) is 0 Å². The van der Waals surface area contributed by atoms with Gasteiger partial charge in [-0.2, -0.15) is 8.73 Å². The van der Waals surface area contributed by atoms with Crippen molar-refractivity contribution in [2.45, 2.75) is 13.3 Å². The Labute approximate surface area is 120 Å². The zero-order valence-electron chi connectivity index (χ0n) is 9.87. The Hall–Kier alpha value is -0.620. The highest BCUT2D eigenvalue weighted by Gasteiger charge is 2.18. The van der Waals surface area contributed by atoms with Crippen LogP contribution >= 0.6 is 23.2 Å². The highest BCUT2D eigenvalue weighted by molar-refractivity contribution is 7.58. The van der Waals surface area contributed by atoms with Gasteiger partial charge in [0.25, 0.3) is 0 Å². The number of nitrogens with one attached hydrogen (secondary N) is 1. The number of anilines is 1. The predicted molar refractivity (Wildman–Crippen MR) is 77.6 cm³/mol. The molecule has 1 aromatic rings. The van der Waals surface area contributed by atoms with E-state index in [0.717, 1.165) is 30.1 Å². The van der Waals surface area contributed by atoms with Crippen LogP contribution in [0.4, 0.5) is 17.1 Å². The zero-order valence-corrected chi connectivity index (χ0v) is 12.2. The fourth-order valence-electron chi connectivity index (χ4n) is 1.54. The van der Waals surface area contributed by atoms with Crippen molar-refractivity contribution in [3.8, 4) is 0 Å². The van der Waals surface area contributed by atoms with Crippen molar-refractivity contribution in [2.75, 3.05) is 25.1 Å². The van der Waals surface area contributed by atoms with Gasteiger partial charge in [0, 0.05) is 13.2 Å². The lowest BCUT2D eigenvalue weighted by Gasteiger charge is -2.12. The van der Waals surface area contributed by atoms with Crippen LogP contribution < -0.4 is 5.32 Å². The quantitative estimate of drug-likeness (QED) is 0.795. The number of halogens is 2. The van der Waals surface area contributed by atoms with Crippen molar-refractivity contribution < 1.29 is 4.74 Å². The summed E-state index contributed by atoms with van der Waals surface area (Å²) in [7, 11) is 0. The Bertz CT molecular complexity index is 516. The van der Waals surface area contributed by atoms with Crippen molar-refractivity contribution in [3.05, 3.63) is 16.1 Å². The molecule has 18 heavy (non-hydrogen) atoms. The molecule has 0 radical (unpaired) electrons. The monoisotopic (exact) mass is 305 g/mol. The van der Waals surface area contributed by atoms with Crippen molar-refractivity contribution in [3.63, 3.8) is 0 Å². The third kappa shape index (κ3) is 3.03. The number of fused-ring (bicyclic) bond motifs is 1. The van der Waals surface area contributed by atoms with Gasteiger partial charge in [-0.15, -0.1) is 0 Å². The number of hydrogen-bond acceptors (Lipinski definition) is 4. The van der Waals surface area contributed by atoms with Gasteiger partial charge in [-0.25, -0.2) is 0 Å². The van der Waals surface area contributed by atoms with Crippen LogP contribution in [0, 0.1) is 0 Å². The van der Waals surface area contributed by atoms with E-state index in [-0.39, 0.29) is 0 Å². The number of benzene rings is 1. The van der Waals surface area contributed by atoms with E-state index in [1.807, 2.05) is 0 Å². The SMILES string of the molecule is CCCOCCNc1c(Cl)cc(Cl)c2c1N=S=N2. The van der Waals surface area contributed by atoms with E-state index in [0.29, 0.717) is 34.6 Å². The highest BCUT2D eigenvalue weighted by Crippen LogP contribution is 2.47. The summed E-state index contributed by atoms with van der Waals surface area (Å²) >= 11 is 13.3. The molecule has 1 aliphatic rings. The fourth-order valence-corrected chi connectivity index (χ4v) is 2.72. The van der Waals surface area contributed by atoms with Gasteiger partial charge in [0.15, 0.2) is 0 Å². The molecule has 0 saturated heterocycles. The maximum Gasteiger partial charge on any atom is 0.130 e. The van der Waals surface area contributed by atoms with Gasteiger partial charge in [-0.1, -0.05) is 30.1 Å². The number of ether oxygens (including phenoxy) is 1. The van der Waals surface area contributed by atoms with E-state index < -0.39 is 0 Å². The van der Waals surface area contributed by atoms with E-state index in [9.17, 15) is 0 Å². The Morgan fingerprint density at radius 1 is 1.22 bits per heavy atom. The van der Waals surface area contributed by atoms with E-state index in [2.05, 4.69) is 21.0 Å². The lowest BCUT2D eigenvalue weighted by Crippen LogP contribution is -2.10. The molecular formula is C11H13Cl2N3OS. The van der Waals surface area contributed by atoms with Crippen LogP contribution in [0.3, 0.4) is 0 Å². The average Bonchev–Trinajstić information content (AvgIpc) is 2.82. The first-order valence-electron chi connectivity index (χ1n) is 5.66. The number of nitrogens with zero attached hydrogens (tertiary/aromatic N) is 2. The van der Waals surface area contributed by atoms with Crippen LogP contribution in [0.1, 0.15) is 13.3 Å². The molecule has 1 aliphatic heterocycles. The molecule has 98 valence electrons. The molecule has 1 N–H and O–H groups in total. The minimum Gasteiger partial charge on any atom is -0.380 e. The third-order valence-corrected chi connectivity index (χ3v) is 3.46. The molecule has 1 aromatic carbocycles. The van der Waals surface area contributed by atoms with E-state index in [4.69, 9.17) is 27.9 Å². The molecular weight excluding hydrogens is 293 g/mol. The van der Waals surface area contributed by atoms with Crippen LogP contribution in [-0.2, 0) is 16.1 Å². The maximum absolute atomic E-state index is 6.15. The van der Waals surface area contributed by atoms with E-state index >= 15 is 0 Å². The molecule has 0 amide bonds. The smallest absolute Gasteiger partial charge is 0.130 e. The largest absolute Gasteiger partial charge is 0.380 e. The van der Waals surface area contributed by atoms with Crippen LogP contribution in [0.15, 0.2) is 14.8 Å². The molecule has 0 aliphatic carbocycles. The van der Waals surface area contributed by atoms with Crippen molar-refractivity contribution in [2.24, 2.45) is 8.73 Å². The molecule has 0 saturated carbocycles. The average molecular weight is 306 g/mol. The molecule has 0 bridgehead atoms. The van der Waals surface area contributed by atoms with Crippen LogP contribution in [0.5, 0.6) is 0 Å². The van der Waals surface area contributed by atoms with Crippen LogP contribution in [0.2, 0.25) is 10.0 Å². The first-order chi connectivity index (χ1) is 8.74. The lowest BCUT2D eigenvalue weighted by atomic mass is 10.2. The predicted octanol–water partition coefficient (Wildman–Crippen LogP) is 4.56. The number of rotatable bonds is 6. The van der Waals surface area contributed by atoms with Gasteiger partial charge in [0.2, 0.25) is 0 Å². The normalized spacial score (nSPS) is 12.4. The summed E-state index contributed by atoms with van der Waals surface area (Å²) in [6, 6.07) is 1.68. The van der Waals surface area contributed by atoms with Crippen molar-refractivity contribution >= 4 is 51.6 Å². The second-order valence-electron chi connectivity index (χ2n) is 3.72. The van der Waals surface area contributed by atoms with Gasteiger partial charge in [-0.05, 0) is 12.5 Å². The highest BCUT2D eigenvalue weighted by atomic mass is 35.5. The molecule has 0 atom stereocenters. The second-order valence-corrected chi connectivity index (χ2v) is 5.06. The Balaban J connectivity index is 2.05. The van der Waals surface area contributed by atoms with Crippen LogP contribution in [-0.4, -0.2) is 19.8 Å². The fraction of sp³-hybridized carbons (Fsp3) is 0.455. The summed E-state index contributed by atoms with van der Waals surface area (Å²) in [4.78, 5) is 0. The maximum atomic E-state index is 6.15. The molecule has 0 fully saturated rings. The Morgan fingerprint density at radius 2 is 2.00 bits per heavy atom. The summed E-state index contributed by atoms with van der Waals surface area (Å²) in [6.07, 6.45) is 1.02. The third-order valence-electron chi connectivity index (χ3n) is 2.34. The second kappa shape index (κ2) is 6.52. The Morgan fingerprint density at radius 3 is 2.78 bits per heavy atom. The minimum absolute atomic E-state index is 0.525. The summed E-state index contributed by atoms with van der Waals surface area (Å²) in [5.41, 5.74) is 2.17. The van der Waals surface area contributed by atoms with Crippen molar-refractivity contribution in [1.82, 2.24) is 0 Å². The summed E-state index contributed by atoms with van der Waals surface area (Å²) in [5.74, 6) is 0. The summed E-state index contributed by atoms with van der Waals surface area (Å²) in [5, 5.41) is 4.29. The molecule has 1 heterocycles. The van der Waals surface area contributed by atoms with Gasteiger partial charge < -0.3 is 10.1 Å². The summed E-state index contributed by atoms with van der Waals surface area (Å²) in [6.45, 7) is 4.15. The molecule has 7 heteroatoms. The summed E-state index contributed by atoms with van der Waals surface area (Å²) < 4.78 is 13.8. The van der Waals surface area contributed by atoms with Gasteiger partial charge in [-0.3, -0.25) is 0 Å². The molecule has 2 rings (SSSR count). The topological polar surface area (TPSA) is 46.0 Å². The van der Waals surface area contributed by atoms with Gasteiger partial charge in [0.05, 0.1) is 33.7 Å². The van der Waals surface area contributed by atoms with E-state index in [1.54, 1.807) is 6.07 Å². The molecule has 4 nitrogen and oxygen atoms in total. The zero-order chi connectivity index (χ0) is 13.0. The first-order valence-corrected chi connectivity index (χ1v) is 7.14. The van der Waals surface area contributed by atoms with Gasteiger partial charge in [0.1, 0.15) is 11.4 Å². The molecule has 0 spiro atoms. The standard InChI is InChI=1S/C11H13Cl2N3OS/c1-2-4-17-5-3-14-9-7(12)6-8(13)10-11(9)16-18-15-10/h6,14H,2-5H2,1H3. The molecule has 0 unspecified atom stereocenters. The minimum atomic E-state index is 0.525. The van der Waals surface area contributed by atoms with Crippen molar-refractivity contribution in [1.29, 1.82) is 0 Å².